The largest absolute Gasteiger partial charge is 0.501 e. The lowest BCUT2D eigenvalue weighted by Gasteiger charge is -2.31. The lowest BCUT2D eigenvalue weighted by molar-refractivity contribution is -0.115. The summed E-state index contributed by atoms with van der Waals surface area (Å²) in [6, 6.07) is 5.19. The lowest BCUT2D eigenvalue weighted by atomic mass is 9.88. The van der Waals surface area contributed by atoms with Crippen LogP contribution in [0.2, 0.25) is 0 Å². The molecule has 0 spiro atoms. The monoisotopic (exact) mass is 528 g/mol. The molecule has 0 aromatic heterocycles. The van der Waals surface area contributed by atoms with Crippen molar-refractivity contribution < 1.29 is 29.2 Å². The SMILES string of the molecule is COC1=C(C)CC(C(=O)CCCCC(O)NC(CN2CCCC2)C(O)c2ccc3c(c2)OCCO3)=CC1C. The second kappa shape index (κ2) is 13.6. The van der Waals surface area contributed by atoms with Gasteiger partial charge in [0.05, 0.1) is 19.3 Å². The van der Waals surface area contributed by atoms with Crippen LogP contribution >= 0.6 is 0 Å². The topological polar surface area (TPSA) is 100 Å². The molecule has 4 rings (SSSR count). The number of likely N-dealkylation sites (tertiary alicyclic amines) is 1. The smallest absolute Gasteiger partial charge is 0.161 e. The average molecular weight is 529 g/mol. The number of ether oxygens (including phenoxy) is 3. The average Bonchev–Trinajstić information content (AvgIpc) is 3.43. The van der Waals surface area contributed by atoms with Crippen molar-refractivity contribution in [2.45, 2.75) is 77.2 Å². The van der Waals surface area contributed by atoms with Crippen molar-refractivity contribution in [3.05, 3.63) is 46.7 Å². The quantitative estimate of drug-likeness (QED) is 0.262. The molecule has 4 unspecified atom stereocenters. The second-order valence-corrected chi connectivity index (χ2v) is 10.8. The summed E-state index contributed by atoms with van der Waals surface area (Å²) in [6.45, 7) is 7.73. The van der Waals surface area contributed by atoms with E-state index in [9.17, 15) is 15.0 Å². The molecule has 2 heterocycles. The van der Waals surface area contributed by atoms with Crippen molar-refractivity contribution in [3.8, 4) is 11.5 Å². The number of hydrogen-bond acceptors (Lipinski definition) is 8. The Morgan fingerprint density at radius 1 is 1.16 bits per heavy atom. The van der Waals surface area contributed by atoms with E-state index in [0.29, 0.717) is 56.9 Å². The molecule has 1 saturated heterocycles. The number of carbonyl (C=O) groups excluding carboxylic acids is 1. The minimum Gasteiger partial charge on any atom is -0.501 e. The first-order chi connectivity index (χ1) is 18.4. The van der Waals surface area contributed by atoms with Crippen LogP contribution in [0.5, 0.6) is 11.5 Å². The maximum absolute atomic E-state index is 12.8. The van der Waals surface area contributed by atoms with Gasteiger partial charge in [-0.05, 0) is 87.4 Å². The Morgan fingerprint density at radius 3 is 2.61 bits per heavy atom. The van der Waals surface area contributed by atoms with Crippen LogP contribution in [0.3, 0.4) is 0 Å². The van der Waals surface area contributed by atoms with Crippen LogP contribution < -0.4 is 14.8 Å². The molecule has 38 heavy (non-hydrogen) atoms. The summed E-state index contributed by atoms with van der Waals surface area (Å²) in [7, 11) is 1.68. The Hall–Kier alpha value is -2.39. The number of methoxy groups -OCH3 is 1. The first kappa shape index (κ1) is 28.6. The summed E-state index contributed by atoms with van der Waals surface area (Å²) in [5.74, 6) is 2.58. The Bertz CT molecular complexity index is 1020. The van der Waals surface area contributed by atoms with E-state index in [2.05, 4.69) is 17.1 Å². The second-order valence-electron chi connectivity index (χ2n) is 10.8. The number of nitrogens with zero attached hydrogens (tertiary/aromatic N) is 1. The molecule has 3 aliphatic rings. The van der Waals surface area contributed by atoms with E-state index in [0.717, 1.165) is 54.8 Å². The molecule has 0 amide bonds. The van der Waals surface area contributed by atoms with Crippen molar-refractivity contribution in [2.24, 2.45) is 5.92 Å². The summed E-state index contributed by atoms with van der Waals surface area (Å²) < 4.78 is 16.8. The number of aliphatic hydroxyl groups is 2. The van der Waals surface area contributed by atoms with Gasteiger partial charge in [0.15, 0.2) is 17.3 Å². The van der Waals surface area contributed by atoms with Crippen LogP contribution in [0.15, 0.2) is 41.2 Å². The highest BCUT2D eigenvalue weighted by molar-refractivity contribution is 5.96. The molecule has 1 aromatic carbocycles. The van der Waals surface area contributed by atoms with Gasteiger partial charge in [-0.2, -0.15) is 0 Å². The summed E-state index contributed by atoms with van der Waals surface area (Å²) >= 11 is 0. The molecule has 1 fully saturated rings. The molecular formula is C30H44N2O6. The third-order valence-corrected chi connectivity index (χ3v) is 7.80. The minimum atomic E-state index is -0.809. The zero-order valence-electron chi connectivity index (χ0n) is 23.1. The number of fused-ring (bicyclic) bond motifs is 1. The fourth-order valence-electron chi connectivity index (χ4n) is 5.83. The first-order valence-corrected chi connectivity index (χ1v) is 14.1. The van der Waals surface area contributed by atoms with E-state index in [1.165, 1.54) is 0 Å². The van der Waals surface area contributed by atoms with Crippen molar-refractivity contribution in [1.82, 2.24) is 10.2 Å². The van der Waals surface area contributed by atoms with Crippen molar-refractivity contribution in [1.29, 1.82) is 0 Å². The van der Waals surface area contributed by atoms with Crippen molar-refractivity contribution >= 4 is 5.78 Å². The predicted octanol–water partition coefficient (Wildman–Crippen LogP) is 3.88. The number of unbranched alkanes of at least 4 members (excludes halogenated alkanes) is 1. The molecule has 1 aromatic rings. The molecular weight excluding hydrogens is 484 g/mol. The fourth-order valence-corrected chi connectivity index (χ4v) is 5.83. The Balaban J connectivity index is 1.28. The number of allylic oxidation sites excluding steroid dienone is 3. The van der Waals surface area contributed by atoms with Gasteiger partial charge in [-0.25, -0.2) is 0 Å². The predicted molar refractivity (Wildman–Crippen MR) is 146 cm³/mol. The molecule has 210 valence electrons. The summed E-state index contributed by atoms with van der Waals surface area (Å²) in [4.78, 5) is 15.1. The van der Waals surface area contributed by atoms with Crippen LogP contribution in [0.25, 0.3) is 0 Å². The molecule has 0 radical (unpaired) electrons. The number of ketones is 1. The Morgan fingerprint density at radius 2 is 1.89 bits per heavy atom. The number of Topliss-reactive ketones (excluding diaryl/α,β-unsaturated/α-hetero) is 1. The maximum atomic E-state index is 12.8. The highest BCUT2D eigenvalue weighted by Crippen LogP contribution is 2.34. The fraction of sp³-hybridized carbons (Fsp3) is 0.633. The van der Waals surface area contributed by atoms with E-state index < -0.39 is 12.3 Å². The lowest BCUT2D eigenvalue weighted by Crippen LogP contribution is -2.48. The van der Waals surface area contributed by atoms with Gasteiger partial charge in [0, 0.05) is 18.9 Å². The van der Waals surface area contributed by atoms with Gasteiger partial charge >= 0.3 is 0 Å². The van der Waals surface area contributed by atoms with Gasteiger partial charge in [-0.3, -0.25) is 10.1 Å². The molecule has 2 aliphatic heterocycles. The van der Waals surface area contributed by atoms with Gasteiger partial charge in [0.2, 0.25) is 0 Å². The first-order valence-electron chi connectivity index (χ1n) is 14.1. The highest BCUT2D eigenvalue weighted by Gasteiger charge is 2.28. The third-order valence-electron chi connectivity index (χ3n) is 7.80. The Labute approximate surface area is 226 Å². The summed E-state index contributed by atoms with van der Waals surface area (Å²) in [6.07, 6.45) is 5.81. The summed E-state index contributed by atoms with van der Waals surface area (Å²) in [5.41, 5.74) is 2.72. The molecule has 1 aliphatic carbocycles. The number of nitrogens with one attached hydrogen (secondary N) is 1. The highest BCUT2D eigenvalue weighted by atomic mass is 16.6. The Kier molecular flexibility index (Phi) is 10.2. The van der Waals surface area contributed by atoms with E-state index >= 15 is 0 Å². The van der Waals surface area contributed by atoms with Crippen LogP contribution in [-0.4, -0.2) is 73.1 Å². The maximum Gasteiger partial charge on any atom is 0.161 e. The summed E-state index contributed by atoms with van der Waals surface area (Å²) in [5, 5.41) is 25.4. The van der Waals surface area contributed by atoms with Crippen LogP contribution in [0.4, 0.5) is 0 Å². The number of rotatable bonds is 13. The van der Waals surface area contributed by atoms with E-state index in [1.54, 1.807) is 7.11 Å². The van der Waals surface area contributed by atoms with Crippen LogP contribution in [-0.2, 0) is 9.53 Å². The molecule has 3 N–H and O–H groups in total. The van der Waals surface area contributed by atoms with Gasteiger partial charge in [-0.1, -0.05) is 19.1 Å². The molecule has 0 bridgehead atoms. The van der Waals surface area contributed by atoms with Crippen molar-refractivity contribution in [2.75, 3.05) is 40.0 Å². The van der Waals surface area contributed by atoms with Crippen molar-refractivity contribution in [3.63, 3.8) is 0 Å². The number of carbonyl (C=O) groups is 1. The minimum absolute atomic E-state index is 0.117. The van der Waals surface area contributed by atoms with Gasteiger partial charge in [0.25, 0.3) is 0 Å². The van der Waals surface area contributed by atoms with E-state index in [4.69, 9.17) is 14.2 Å². The third kappa shape index (κ3) is 7.38. The van der Waals surface area contributed by atoms with Gasteiger partial charge < -0.3 is 29.3 Å². The van der Waals surface area contributed by atoms with Crippen LogP contribution in [0.1, 0.15) is 70.5 Å². The van der Waals surface area contributed by atoms with E-state index in [1.807, 2.05) is 31.2 Å². The zero-order valence-corrected chi connectivity index (χ0v) is 23.1. The van der Waals surface area contributed by atoms with Gasteiger partial charge in [0.1, 0.15) is 25.2 Å². The normalized spacial score (nSPS) is 22.1. The number of hydrogen-bond donors (Lipinski definition) is 3. The zero-order chi connectivity index (χ0) is 27.1. The standard InChI is InChI=1S/C30H44N2O6/c1-20-16-23(17-21(2)30(20)36-3)25(33)8-4-5-9-28(34)31-24(19-32-12-6-7-13-32)29(35)22-10-11-26-27(18-22)38-15-14-37-26/h10-11,16,18,20,24,28-29,31,34-35H,4-9,12-15,17,19H2,1-3H3. The van der Waals surface area contributed by atoms with Crippen LogP contribution in [0, 0.1) is 5.92 Å². The van der Waals surface area contributed by atoms with E-state index in [-0.39, 0.29) is 17.7 Å². The number of benzene rings is 1. The molecule has 4 atom stereocenters. The molecule has 0 saturated carbocycles. The number of aliphatic hydroxyl groups excluding tert-OH is 2. The van der Waals surface area contributed by atoms with Gasteiger partial charge in [-0.15, -0.1) is 0 Å². The molecule has 8 nitrogen and oxygen atoms in total. The molecule has 8 heteroatoms.